The third kappa shape index (κ3) is 3.20. The van der Waals surface area contributed by atoms with Gasteiger partial charge in [0.15, 0.2) is 0 Å². The largest absolute Gasteiger partial charge is 0.496 e. The Kier molecular flexibility index (Phi) is 4.86. The second kappa shape index (κ2) is 6.88. The highest BCUT2D eigenvalue weighted by atomic mass is 16.5. The lowest BCUT2D eigenvalue weighted by atomic mass is 9.84. The number of aryl methyl sites for hydroxylation is 2. The Morgan fingerprint density at radius 1 is 1.30 bits per heavy atom. The van der Waals surface area contributed by atoms with E-state index in [4.69, 9.17) is 4.74 Å². The molecule has 124 valence electrons. The highest BCUT2D eigenvalue weighted by Gasteiger charge is 2.32. The van der Waals surface area contributed by atoms with Crippen LogP contribution >= 0.6 is 0 Å². The van der Waals surface area contributed by atoms with Gasteiger partial charge in [-0.25, -0.2) is 0 Å². The number of hydrogen-bond donors (Lipinski definition) is 1. The fourth-order valence-electron chi connectivity index (χ4n) is 3.90. The zero-order valence-electron chi connectivity index (χ0n) is 14.1. The summed E-state index contributed by atoms with van der Waals surface area (Å²) in [6.45, 7) is 2.14. The molecular weight excluding hydrogens is 288 g/mol. The lowest BCUT2D eigenvalue weighted by Gasteiger charge is -2.22. The van der Waals surface area contributed by atoms with E-state index in [1.165, 1.54) is 22.3 Å². The lowest BCUT2D eigenvalue weighted by molar-refractivity contribution is -0.121. The molecule has 1 saturated carbocycles. The van der Waals surface area contributed by atoms with Crippen LogP contribution in [0.4, 0.5) is 0 Å². The minimum atomic E-state index is -0.454. The summed E-state index contributed by atoms with van der Waals surface area (Å²) in [7, 11) is 1.73. The van der Waals surface area contributed by atoms with Crippen LogP contribution in [0.5, 0.6) is 5.75 Å². The van der Waals surface area contributed by atoms with Crippen LogP contribution in [0.1, 0.15) is 55.7 Å². The Hall–Kier alpha value is -1.61. The quantitative estimate of drug-likeness (QED) is 0.921. The number of allylic oxidation sites excluding steroid dienone is 2. The Morgan fingerprint density at radius 3 is 2.78 bits per heavy atom. The molecule has 0 aromatic heterocycles. The number of benzene rings is 1. The van der Waals surface area contributed by atoms with E-state index in [9.17, 15) is 9.90 Å². The third-order valence-corrected chi connectivity index (χ3v) is 5.31. The van der Waals surface area contributed by atoms with E-state index in [-0.39, 0.29) is 11.7 Å². The van der Waals surface area contributed by atoms with E-state index in [2.05, 4.69) is 25.1 Å². The summed E-state index contributed by atoms with van der Waals surface area (Å²) >= 11 is 0. The fraction of sp³-hybridized carbons (Fsp3) is 0.550. The van der Waals surface area contributed by atoms with Crippen molar-refractivity contribution in [2.24, 2.45) is 5.92 Å². The van der Waals surface area contributed by atoms with Crippen LogP contribution < -0.4 is 4.74 Å². The molecule has 0 bridgehead atoms. The summed E-state index contributed by atoms with van der Waals surface area (Å²) in [5, 5.41) is 9.97. The van der Waals surface area contributed by atoms with Crippen molar-refractivity contribution in [3.63, 3.8) is 0 Å². The molecule has 1 unspecified atom stereocenters. The maximum absolute atomic E-state index is 11.9. The topological polar surface area (TPSA) is 46.5 Å². The minimum absolute atomic E-state index is 0.197. The highest BCUT2D eigenvalue weighted by Crippen LogP contribution is 2.37. The van der Waals surface area contributed by atoms with Gasteiger partial charge >= 0.3 is 0 Å². The molecule has 1 fully saturated rings. The number of fused-ring (bicyclic) bond motifs is 1. The van der Waals surface area contributed by atoms with Crippen LogP contribution in [-0.4, -0.2) is 24.1 Å². The summed E-state index contributed by atoms with van der Waals surface area (Å²) in [5.41, 5.74) is 5.22. The van der Waals surface area contributed by atoms with E-state index in [0.29, 0.717) is 19.3 Å². The summed E-state index contributed by atoms with van der Waals surface area (Å²) in [4.78, 5) is 11.9. The molecule has 23 heavy (non-hydrogen) atoms. The molecule has 3 heteroatoms. The molecule has 1 N–H and O–H groups in total. The highest BCUT2D eigenvalue weighted by molar-refractivity contribution is 5.84. The van der Waals surface area contributed by atoms with Crippen molar-refractivity contribution in [2.75, 3.05) is 7.11 Å². The smallest absolute Gasteiger partial charge is 0.138 e. The number of aliphatic hydroxyl groups excluding tert-OH is 1. The minimum Gasteiger partial charge on any atom is -0.496 e. The maximum Gasteiger partial charge on any atom is 0.138 e. The van der Waals surface area contributed by atoms with Crippen molar-refractivity contribution >= 4 is 11.4 Å². The molecule has 2 atom stereocenters. The average Bonchev–Trinajstić information content (AvgIpc) is 2.89. The van der Waals surface area contributed by atoms with Gasteiger partial charge in [-0.15, -0.1) is 0 Å². The molecule has 3 rings (SSSR count). The van der Waals surface area contributed by atoms with Crippen molar-refractivity contribution in [1.29, 1.82) is 0 Å². The van der Waals surface area contributed by atoms with Gasteiger partial charge < -0.3 is 9.84 Å². The molecule has 0 aliphatic heterocycles. The molecule has 2 aliphatic rings. The van der Waals surface area contributed by atoms with Crippen molar-refractivity contribution in [3.05, 3.63) is 34.9 Å². The molecule has 0 heterocycles. The molecular formula is C20H26O3. The predicted molar refractivity (Wildman–Crippen MR) is 91.6 cm³/mol. The Labute approximate surface area is 138 Å². The first-order valence-electron chi connectivity index (χ1n) is 8.74. The molecule has 0 radical (unpaired) electrons. The maximum atomic E-state index is 11.9. The fourth-order valence-corrected chi connectivity index (χ4v) is 3.90. The van der Waals surface area contributed by atoms with Crippen LogP contribution in [-0.2, 0) is 17.6 Å². The zero-order chi connectivity index (χ0) is 16.4. The van der Waals surface area contributed by atoms with Crippen molar-refractivity contribution in [2.45, 2.75) is 58.0 Å². The first-order chi connectivity index (χ1) is 11.1. The van der Waals surface area contributed by atoms with E-state index in [0.717, 1.165) is 31.4 Å². The van der Waals surface area contributed by atoms with Crippen molar-refractivity contribution in [1.82, 2.24) is 0 Å². The van der Waals surface area contributed by atoms with Gasteiger partial charge in [-0.3, -0.25) is 4.79 Å². The number of methoxy groups -OCH3 is 1. The molecule has 0 amide bonds. The number of aliphatic hydroxyl groups is 1. The van der Waals surface area contributed by atoms with E-state index in [1.807, 2.05) is 0 Å². The third-order valence-electron chi connectivity index (χ3n) is 5.31. The first-order valence-corrected chi connectivity index (χ1v) is 8.74. The first kappa shape index (κ1) is 16.3. The van der Waals surface area contributed by atoms with Gasteiger partial charge in [0.1, 0.15) is 11.5 Å². The van der Waals surface area contributed by atoms with Gasteiger partial charge in [-0.1, -0.05) is 13.0 Å². The SMILES string of the molecule is CCc1cc2c(cc1OC)CCCC2=CCC1C(=O)CC[C@H]1O. The zero-order valence-corrected chi connectivity index (χ0v) is 14.1. The van der Waals surface area contributed by atoms with Crippen LogP contribution in [0.2, 0.25) is 0 Å². The Morgan fingerprint density at radius 2 is 2.13 bits per heavy atom. The van der Waals surface area contributed by atoms with E-state index in [1.54, 1.807) is 7.11 Å². The van der Waals surface area contributed by atoms with Gasteiger partial charge in [-0.2, -0.15) is 0 Å². The monoisotopic (exact) mass is 314 g/mol. The number of ketones is 1. The van der Waals surface area contributed by atoms with E-state index < -0.39 is 6.10 Å². The van der Waals surface area contributed by atoms with Crippen LogP contribution in [0.3, 0.4) is 0 Å². The van der Waals surface area contributed by atoms with Crippen LogP contribution in [0, 0.1) is 5.92 Å². The van der Waals surface area contributed by atoms with Crippen LogP contribution in [0.15, 0.2) is 18.2 Å². The number of ether oxygens (including phenoxy) is 1. The van der Waals surface area contributed by atoms with Crippen LogP contribution in [0.25, 0.3) is 5.57 Å². The second-order valence-corrected chi connectivity index (χ2v) is 6.67. The number of hydrogen-bond acceptors (Lipinski definition) is 3. The van der Waals surface area contributed by atoms with E-state index >= 15 is 0 Å². The second-order valence-electron chi connectivity index (χ2n) is 6.67. The van der Waals surface area contributed by atoms with Gasteiger partial charge in [0.2, 0.25) is 0 Å². The molecule has 1 aromatic carbocycles. The van der Waals surface area contributed by atoms with Gasteiger partial charge in [0, 0.05) is 12.3 Å². The summed E-state index contributed by atoms with van der Waals surface area (Å²) < 4.78 is 5.51. The van der Waals surface area contributed by atoms with Gasteiger partial charge in [0.05, 0.1) is 13.2 Å². The summed E-state index contributed by atoms with van der Waals surface area (Å²) in [6.07, 6.45) is 7.78. The number of rotatable bonds is 4. The molecule has 2 aliphatic carbocycles. The normalized spacial score (nSPS) is 25.7. The van der Waals surface area contributed by atoms with Crippen molar-refractivity contribution in [3.8, 4) is 5.75 Å². The summed E-state index contributed by atoms with van der Waals surface area (Å²) in [6, 6.07) is 4.43. The Balaban J connectivity index is 1.88. The molecule has 0 saturated heterocycles. The number of carbonyl (C=O) groups is 1. The predicted octanol–water partition coefficient (Wildman–Crippen LogP) is 3.71. The average molecular weight is 314 g/mol. The molecule has 1 aromatic rings. The Bertz CT molecular complexity index is 630. The van der Waals surface area contributed by atoms with Gasteiger partial charge in [0.25, 0.3) is 0 Å². The summed E-state index contributed by atoms with van der Waals surface area (Å²) in [5.74, 6) is 1.00. The molecule has 0 spiro atoms. The standard InChI is InChI=1S/C20H26O3/c1-3-13-11-17-14(5-4-6-15(17)12-20(13)23-2)7-8-16-18(21)9-10-19(16)22/h7,11-12,16,18,21H,3-6,8-10H2,1-2H3/t16?,18-/m1/s1. The number of Topliss-reactive ketones (excluding diaryl/α,β-unsaturated/α-hetero) is 1. The number of carbonyl (C=O) groups excluding carboxylic acids is 1. The van der Waals surface area contributed by atoms with Gasteiger partial charge in [-0.05, 0) is 72.9 Å². The lowest BCUT2D eigenvalue weighted by Crippen LogP contribution is -2.18. The van der Waals surface area contributed by atoms with Crippen molar-refractivity contribution < 1.29 is 14.6 Å². The molecule has 3 nitrogen and oxygen atoms in total.